The molecule has 0 aliphatic rings. The van der Waals surface area contributed by atoms with E-state index in [1.54, 1.807) is 12.4 Å². The van der Waals surface area contributed by atoms with Crippen LogP contribution >= 0.6 is 0 Å². The van der Waals surface area contributed by atoms with E-state index in [2.05, 4.69) is 46.9 Å². The van der Waals surface area contributed by atoms with Gasteiger partial charge in [0.05, 0.1) is 0 Å². The van der Waals surface area contributed by atoms with Crippen molar-refractivity contribution in [2.45, 2.75) is 26.7 Å². The van der Waals surface area contributed by atoms with Crippen LogP contribution in [0.1, 0.15) is 25.5 Å². The highest BCUT2D eigenvalue weighted by Crippen LogP contribution is 2.20. The number of hydrogen-bond donors (Lipinski definition) is 0. The molecule has 0 amide bonds. The molecule has 0 aromatic carbocycles. The molecular weight excluding hydrogens is 286 g/mol. The molecule has 124 valence electrons. The molecule has 0 atom stereocenters. The molecule has 0 N–H and O–H groups in total. The normalized spacial score (nSPS) is 11.0. The Balaban J connectivity index is 2.23. The Morgan fingerprint density at radius 3 is 2.39 bits per heavy atom. The lowest BCUT2D eigenvalue weighted by Crippen LogP contribution is -2.29. The van der Waals surface area contributed by atoms with Crippen molar-refractivity contribution < 1.29 is 0 Å². The summed E-state index contributed by atoms with van der Waals surface area (Å²) in [6.07, 6.45) is 5.79. The van der Waals surface area contributed by atoms with Crippen LogP contribution in [0, 0.1) is 6.92 Å². The SMILES string of the molecule is CCCN(CCCN(C)C)c1cc(C)nc(-c2ccncc2)n1. The van der Waals surface area contributed by atoms with Gasteiger partial charge in [0.1, 0.15) is 5.82 Å². The smallest absolute Gasteiger partial charge is 0.161 e. The highest BCUT2D eigenvalue weighted by atomic mass is 15.2. The fraction of sp³-hybridized carbons (Fsp3) is 0.500. The quantitative estimate of drug-likeness (QED) is 0.749. The van der Waals surface area contributed by atoms with Crippen LogP contribution in [-0.2, 0) is 0 Å². The third kappa shape index (κ3) is 5.28. The minimum absolute atomic E-state index is 0.774. The number of rotatable bonds is 8. The van der Waals surface area contributed by atoms with E-state index in [0.717, 1.165) is 55.4 Å². The second-order valence-corrected chi connectivity index (χ2v) is 6.07. The predicted molar refractivity (Wildman–Crippen MR) is 95.7 cm³/mol. The summed E-state index contributed by atoms with van der Waals surface area (Å²) in [6, 6.07) is 5.99. The first kappa shape index (κ1) is 17.3. The van der Waals surface area contributed by atoms with Crippen LogP contribution in [-0.4, -0.2) is 53.6 Å². The molecule has 0 aliphatic heterocycles. The molecule has 5 heteroatoms. The average molecular weight is 313 g/mol. The van der Waals surface area contributed by atoms with Crippen LogP contribution in [0.4, 0.5) is 5.82 Å². The number of hydrogen-bond acceptors (Lipinski definition) is 5. The predicted octanol–water partition coefficient (Wildman–Crippen LogP) is 3.02. The van der Waals surface area contributed by atoms with E-state index >= 15 is 0 Å². The third-order valence-corrected chi connectivity index (χ3v) is 3.63. The van der Waals surface area contributed by atoms with Gasteiger partial charge < -0.3 is 9.80 Å². The van der Waals surface area contributed by atoms with Crippen molar-refractivity contribution in [1.82, 2.24) is 19.9 Å². The topological polar surface area (TPSA) is 45.2 Å². The van der Waals surface area contributed by atoms with E-state index in [1.807, 2.05) is 19.1 Å². The number of pyridine rings is 1. The summed E-state index contributed by atoms with van der Waals surface area (Å²) in [7, 11) is 4.22. The Bertz CT molecular complexity index is 598. The molecule has 2 rings (SSSR count). The molecule has 23 heavy (non-hydrogen) atoms. The zero-order chi connectivity index (χ0) is 16.7. The summed E-state index contributed by atoms with van der Waals surface area (Å²) in [5.74, 6) is 1.79. The minimum atomic E-state index is 0.774. The van der Waals surface area contributed by atoms with Crippen LogP contribution in [0.3, 0.4) is 0 Å². The fourth-order valence-electron chi connectivity index (χ4n) is 2.53. The first-order chi connectivity index (χ1) is 11.1. The molecule has 0 unspecified atom stereocenters. The average Bonchev–Trinajstić information content (AvgIpc) is 2.54. The molecule has 5 nitrogen and oxygen atoms in total. The Morgan fingerprint density at radius 1 is 1.00 bits per heavy atom. The summed E-state index contributed by atoms with van der Waals surface area (Å²) in [5, 5.41) is 0. The first-order valence-electron chi connectivity index (χ1n) is 8.26. The standard InChI is InChI=1S/C18H27N5/c1-5-11-23(13-6-12-22(3)4)17-14-15(2)20-18(21-17)16-7-9-19-10-8-16/h7-10,14H,5-6,11-13H2,1-4H3. The van der Waals surface area contributed by atoms with Crippen LogP contribution < -0.4 is 4.90 Å². The summed E-state index contributed by atoms with van der Waals surface area (Å²) in [5.41, 5.74) is 2.00. The molecule has 0 spiro atoms. The Hall–Kier alpha value is -2.01. The Morgan fingerprint density at radius 2 is 1.74 bits per heavy atom. The van der Waals surface area contributed by atoms with Crippen molar-refractivity contribution in [2.24, 2.45) is 0 Å². The zero-order valence-corrected chi connectivity index (χ0v) is 14.7. The van der Waals surface area contributed by atoms with Crippen LogP contribution in [0.2, 0.25) is 0 Å². The lowest BCUT2D eigenvalue weighted by molar-refractivity contribution is 0.400. The maximum Gasteiger partial charge on any atom is 0.161 e. The van der Waals surface area contributed by atoms with Crippen molar-refractivity contribution in [1.29, 1.82) is 0 Å². The molecule has 0 saturated heterocycles. The first-order valence-corrected chi connectivity index (χ1v) is 8.26. The maximum absolute atomic E-state index is 4.79. The number of nitrogens with zero attached hydrogens (tertiary/aromatic N) is 5. The van der Waals surface area contributed by atoms with Crippen molar-refractivity contribution in [3.63, 3.8) is 0 Å². The molecular formula is C18H27N5. The largest absolute Gasteiger partial charge is 0.356 e. The number of aryl methyl sites for hydroxylation is 1. The number of anilines is 1. The second-order valence-electron chi connectivity index (χ2n) is 6.07. The van der Waals surface area contributed by atoms with E-state index < -0.39 is 0 Å². The van der Waals surface area contributed by atoms with Gasteiger partial charge in [0, 0.05) is 42.8 Å². The summed E-state index contributed by atoms with van der Waals surface area (Å²) < 4.78 is 0. The van der Waals surface area contributed by atoms with Gasteiger partial charge in [-0.1, -0.05) is 6.92 Å². The lowest BCUT2D eigenvalue weighted by atomic mass is 10.2. The van der Waals surface area contributed by atoms with Gasteiger partial charge in [-0.05, 0) is 52.5 Å². The number of aromatic nitrogens is 3. The van der Waals surface area contributed by atoms with E-state index in [0.29, 0.717) is 0 Å². The molecule has 0 bridgehead atoms. The third-order valence-electron chi connectivity index (χ3n) is 3.63. The van der Waals surface area contributed by atoms with Gasteiger partial charge in [0.15, 0.2) is 5.82 Å². The molecule has 2 aromatic rings. The highest BCUT2D eigenvalue weighted by molar-refractivity contribution is 5.57. The second kappa shape index (κ2) is 8.58. The minimum Gasteiger partial charge on any atom is -0.356 e. The van der Waals surface area contributed by atoms with E-state index in [4.69, 9.17) is 4.98 Å². The molecule has 2 heterocycles. The highest BCUT2D eigenvalue weighted by Gasteiger charge is 2.11. The molecule has 0 saturated carbocycles. The Labute approximate surface area is 139 Å². The zero-order valence-electron chi connectivity index (χ0n) is 14.7. The lowest BCUT2D eigenvalue weighted by Gasteiger charge is -2.24. The van der Waals surface area contributed by atoms with Crippen LogP contribution in [0.15, 0.2) is 30.6 Å². The molecule has 2 aromatic heterocycles. The van der Waals surface area contributed by atoms with Crippen molar-refractivity contribution in [3.8, 4) is 11.4 Å². The van der Waals surface area contributed by atoms with E-state index in [1.165, 1.54) is 0 Å². The van der Waals surface area contributed by atoms with Gasteiger partial charge in [-0.15, -0.1) is 0 Å². The van der Waals surface area contributed by atoms with Gasteiger partial charge >= 0.3 is 0 Å². The van der Waals surface area contributed by atoms with Crippen molar-refractivity contribution >= 4 is 5.82 Å². The van der Waals surface area contributed by atoms with Crippen molar-refractivity contribution in [2.75, 3.05) is 38.6 Å². The van der Waals surface area contributed by atoms with Crippen LogP contribution in [0.25, 0.3) is 11.4 Å². The monoisotopic (exact) mass is 313 g/mol. The molecule has 0 aliphatic carbocycles. The van der Waals surface area contributed by atoms with Gasteiger partial charge in [-0.2, -0.15) is 0 Å². The Kier molecular flexibility index (Phi) is 6.47. The van der Waals surface area contributed by atoms with Gasteiger partial charge in [0.2, 0.25) is 0 Å². The maximum atomic E-state index is 4.79. The molecule has 0 fully saturated rings. The van der Waals surface area contributed by atoms with Gasteiger partial charge in [0.25, 0.3) is 0 Å². The summed E-state index contributed by atoms with van der Waals surface area (Å²) in [6.45, 7) is 7.34. The van der Waals surface area contributed by atoms with E-state index in [-0.39, 0.29) is 0 Å². The fourth-order valence-corrected chi connectivity index (χ4v) is 2.53. The van der Waals surface area contributed by atoms with Crippen LogP contribution in [0.5, 0.6) is 0 Å². The summed E-state index contributed by atoms with van der Waals surface area (Å²) in [4.78, 5) is 18.0. The van der Waals surface area contributed by atoms with Gasteiger partial charge in [-0.3, -0.25) is 4.98 Å². The van der Waals surface area contributed by atoms with E-state index in [9.17, 15) is 0 Å². The van der Waals surface area contributed by atoms with Crippen molar-refractivity contribution in [3.05, 3.63) is 36.3 Å². The molecule has 0 radical (unpaired) electrons. The van der Waals surface area contributed by atoms with Gasteiger partial charge in [-0.25, -0.2) is 9.97 Å². The summed E-state index contributed by atoms with van der Waals surface area (Å²) >= 11 is 0.